The van der Waals surface area contributed by atoms with Crippen molar-refractivity contribution in [3.05, 3.63) is 18.2 Å². The maximum atomic E-state index is 12.4. The summed E-state index contributed by atoms with van der Waals surface area (Å²) >= 11 is 0. The van der Waals surface area contributed by atoms with Gasteiger partial charge in [0.1, 0.15) is 5.82 Å². The van der Waals surface area contributed by atoms with Gasteiger partial charge in [0.2, 0.25) is 5.91 Å². The number of H-pyrrole nitrogens is 1. The first-order valence-electron chi connectivity index (χ1n) is 7.39. The van der Waals surface area contributed by atoms with Crippen LogP contribution in [0.3, 0.4) is 0 Å². The molecule has 0 radical (unpaired) electrons. The molecule has 0 saturated carbocycles. The first kappa shape index (κ1) is 15.0. The van der Waals surface area contributed by atoms with Gasteiger partial charge < -0.3 is 15.0 Å². The molecule has 1 aromatic rings. The molecule has 0 unspecified atom stereocenters. The van der Waals surface area contributed by atoms with Crippen molar-refractivity contribution in [2.24, 2.45) is 0 Å². The van der Waals surface area contributed by atoms with Crippen molar-refractivity contribution in [2.75, 3.05) is 32.8 Å². The minimum atomic E-state index is -0.0214. The number of nitrogens with zero attached hydrogens (tertiary/aromatic N) is 3. The summed E-state index contributed by atoms with van der Waals surface area (Å²) in [6.07, 6.45) is 8.28. The van der Waals surface area contributed by atoms with E-state index in [2.05, 4.69) is 14.9 Å². The summed E-state index contributed by atoms with van der Waals surface area (Å²) in [7, 11) is 0. The van der Waals surface area contributed by atoms with Crippen molar-refractivity contribution in [1.82, 2.24) is 19.8 Å². The molecule has 0 atom stereocenters. The second-order valence-electron chi connectivity index (χ2n) is 5.27. The topological polar surface area (TPSA) is 72.5 Å². The summed E-state index contributed by atoms with van der Waals surface area (Å²) in [6.45, 7) is 3.21. The monoisotopic (exact) mass is 280 g/mol. The largest absolute Gasteiger partial charge is 0.395 e. The molecule has 6 heteroatoms. The predicted molar refractivity (Wildman–Crippen MR) is 76.0 cm³/mol. The number of aromatic amines is 1. The van der Waals surface area contributed by atoms with Gasteiger partial charge in [0.15, 0.2) is 0 Å². The second-order valence-corrected chi connectivity index (χ2v) is 5.27. The van der Waals surface area contributed by atoms with Gasteiger partial charge in [-0.15, -0.1) is 0 Å². The van der Waals surface area contributed by atoms with Crippen LogP contribution in [0, 0.1) is 0 Å². The predicted octanol–water partition coefficient (Wildman–Crippen LogP) is 0.607. The molecule has 1 amide bonds. The number of likely N-dealkylation sites (tertiary alicyclic amines) is 1. The van der Waals surface area contributed by atoms with Crippen LogP contribution in [-0.4, -0.2) is 63.6 Å². The number of carbonyl (C=O) groups excluding carboxylic acids is 1. The van der Waals surface area contributed by atoms with Crippen LogP contribution in [0.25, 0.3) is 0 Å². The zero-order chi connectivity index (χ0) is 14.2. The first-order chi connectivity index (χ1) is 9.79. The summed E-state index contributed by atoms with van der Waals surface area (Å²) in [5.74, 6) is 0.819. The Kier molecular flexibility index (Phi) is 6.01. The molecule has 0 spiro atoms. The maximum absolute atomic E-state index is 12.4. The van der Waals surface area contributed by atoms with E-state index in [1.54, 1.807) is 17.3 Å². The molecule has 0 aliphatic carbocycles. The Labute approximate surface area is 119 Å². The number of aliphatic hydroxyl groups excluding tert-OH is 1. The summed E-state index contributed by atoms with van der Waals surface area (Å²) < 4.78 is 0. The summed E-state index contributed by atoms with van der Waals surface area (Å²) in [6, 6.07) is 0. The number of aromatic nitrogens is 2. The van der Waals surface area contributed by atoms with Crippen molar-refractivity contribution in [3.63, 3.8) is 0 Å². The molecule has 112 valence electrons. The number of carbonyl (C=O) groups is 1. The Balaban J connectivity index is 1.88. The average Bonchev–Trinajstić information content (AvgIpc) is 2.82. The van der Waals surface area contributed by atoms with E-state index in [4.69, 9.17) is 5.11 Å². The first-order valence-corrected chi connectivity index (χ1v) is 7.39. The molecule has 0 bridgehead atoms. The highest BCUT2D eigenvalue weighted by molar-refractivity contribution is 5.78. The lowest BCUT2D eigenvalue weighted by Gasteiger charge is -2.25. The average molecular weight is 280 g/mol. The van der Waals surface area contributed by atoms with Gasteiger partial charge in [-0.25, -0.2) is 4.98 Å². The molecule has 1 aliphatic rings. The number of imidazole rings is 1. The fourth-order valence-corrected chi connectivity index (χ4v) is 2.56. The fourth-order valence-electron chi connectivity index (χ4n) is 2.56. The van der Waals surface area contributed by atoms with E-state index in [1.165, 1.54) is 25.7 Å². The molecule has 2 heterocycles. The lowest BCUT2D eigenvalue weighted by Crippen LogP contribution is -2.41. The molecule has 2 N–H and O–H groups in total. The molecule has 6 nitrogen and oxygen atoms in total. The molecular weight excluding hydrogens is 256 g/mol. The van der Waals surface area contributed by atoms with Gasteiger partial charge in [0, 0.05) is 18.9 Å². The van der Waals surface area contributed by atoms with Gasteiger partial charge in [-0.05, 0) is 25.9 Å². The summed E-state index contributed by atoms with van der Waals surface area (Å²) in [5, 5.41) is 9.13. The minimum absolute atomic E-state index is 0.0214. The van der Waals surface area contributed by atoms with E-state index in [9.17, 15) is 4.79 Å². The Morgan fingerprint density at radius 3 is 2.70 bits per heavy atom. The smallest absolute Gasteiger partial charge is 0.237 e. The van der Waals surface area contributed by atoms with Crippen LogP contribution in [0.2, 0.25) is 0 Å². The van der Waals surface area contributed by atoms with Crippen LogP contribution in [0.15, 0.2) is 12.4 Å². The van der Waals surface area contributed by atoms with Crippen LogP contribution in [0.4, 0.5) is 0 Å². The van der Waals surface area contributed by atoms with E-state index in [0.717, 1.165) is 18.9 Å². The lowest BCUT2D eigenvalue weighted by molar-refractivity contribution is -0.133. The molecule has 1 aromatic heterocycles. The van der Waals surface area contributed by atoms with E-state index >= 15 is 0 Å². The van der Waals surface area contributed by atoms with E-state index < -0.39 is 0 Å². The van der Waals surface area contributed by atoms with Crippen LogP contribution >= 0.6 is 0 Å². The minimum Gasteiger partial charge on any atom is -0.395 e. The summed E-state index contributed by atoms with van der Waals surface area (Å²) in [4.78, 5) is 23.4. The van der Waals surface area contributed by atoms with Gasteiger partial charge in [0.25, 0.3) is 0 Å². The van der Waals surface area contributed by atoms with Crippen LogP contribution in [-0.2, 0) is 11.3 Å². The van der Waals surface area contributed by atoms with Crippen molar-refractivity contribution in [3.8, 4) is 0 Å². The van der Waals surface area contributed by atoms with Crippen molar-refractivity contribution >= 4 is 5.91 Å². The van der Waals surface area contributed by atoms with Gasteiger partial charge >= 0.3 is 0 Å². The SMILES string of the molecule is O=C(CN1CCCCCC1)N(CCO)Cc1ncc[nH]1. The second kappa shape index (κ2) is 8.01. The number of hydrogen-bond acceptors (Lipinski definition) is 4. The van der Waals surface area contributed by atoms with Crippen molar-refractivity contribution in [2.45, 2.75) is 32.2 Å². The zero-order valence-corrected chi connectivity index (χ0v) is 11.9. The lowest BCUT2D eigenvalue weighted by atomic mass is 10.2. The normalized spacial score (nSPS) is 16.9. The van der Waals surface area contributed by atoms with Gasteiger partial charge in [-0.2, -0.15) is 0 Å². The van der Waals surface area contributed by atoms with Crippen LogP contribution < -0.4 is 0 Å². The molecule has 1 fully saturated rings. The standard InChI is InChI=1S/C14H24N4O2/c19-10-9-18(11-13-15-5-6-16-13)14(20)12-17-7-3-1-2-4-8-17/h5-6,19H,1-4,7-12H2,(H,15,16). The third kappa shape index (κ3) is 4.61. The van der Waals surface area contributed by atoms with Crippen LogP contribution in [0.1, 0.15) is 31.5 Å². The quantitative estimate of drug-likeness (QED) is 0.800. The van der Waals surface area contributed by atoms with Gasteiger partial charge in [0.05, 0.1) is 19.7 Å². The molecule has 20 heavy (non-hydrogen) atoms. The molecule has 1 saturated heterocycles. The van der Waals surface area contributed by atoms with Crippen molar-refractivity contribution in [1.29, 1.82) is 0 Å². The van der Waals surface area contributed by atoms with Gasteiger partial charge in [-0.1, -0.05) is 12.8 Å². The summed E-state index contributed by atoms with van der Waals surface area (Å²) in [5.41, 5.74) is 0. The van der Waals surface area contributed by atoms with E-state index in [0.29, 0.717) is 19.6 Å². The highest BCUT2D eigenvalue weighted by Gasteiger charge is 2.19. The molecule has 1 aliphatic heterocycles. The number of rotatable bonds is 6. The van der Waals surface area contributed by atoms with Crippen LogP contribution in [0.5, 0.6) is 0 Å². The Hall–Kier alpha value is -1.40. The third-order valence-corrected chi connectivity index (χ3v) is 3.68. The zero-order valence-electron chi connectivity index (χ0n) is 11.9. The molecule has 0 aromatic carbocycles. The number of hydrogen-bond donors (Lipinski definition) is 2. The molecular formula is C14H24N4O2. The Morgan fingerprint density at radius 1 is 1.35 bits per heavy atom. The highest BCUT2D eigenvalue weighted by atomic mass is 16.3. The Morgan fingerprint density at radius 2 is 2.10 bits per heavy atom. The highest BCUT2D eigenvalue weighted by Crippen LogP contribution is 2.10. The number of aliphatic hydroxyl groups is 1. The molecule has 2 rings (SSSR count). The fraction of sp³-hybridized carbons (Fsp3) is 0.714. The Bertz CT molecular complexity index is 386. The maximum Gasteiger partial charge on any atom is 0.237 e. The number of amides is 1. The third-order valence-electron chi connectivity index (χ3n) is 3.68. The van der Waals surface area contributed by atoms with E-state index in [-0.39, 0.29) is 12.5 Å². The number of nitrogens with one attached hydrogen (secondary N) is 1. The van der Waals surface area contributed by atoms with Gasteiger partial charge in [-0.3, -0.25) is 9.69 Å². The van der Waals surface area contributed by atoms with E-state index in [1.807, 2.05) is 0 Å². The van der Waals surface area contributed by atoms with Crippen molar-refractivity contribution < 1.29 is 9.90 Å².